The number of nitrogens with one attached hydrogen (secondary N) is 2. The van der Waals surface area contributed by atoms with Gasteiger partial charge in [0.25, 0.3) is 5.91 Å². The van der Waals surface area contributed by atoms with Gasteiger partial charge in [0.1, 0.15) is 0 Å². The molecular formula is C16H18N4O. The van der Waals surface area contributed by atoms with E-state index in [2.05, 4.69) is 26.9 Å². The van der Waals surface area contributed by atoms with Crippen LogP contribution in [0.3, 0.4) is 0 Å². The Morgan fingerprint density at radius 2 is 2.14 bits per heavy atom. The van der Waals surface area contributed by atoms with Crippen LogP contribution < -0.4 is 10.6 Å². The third kappa shape index (κ3) is 2.78. The number of carbonyl (C=O) groups excluding carboxylic acids is 1. The van der Waals surface area contributed by atoms with Crippen molar-refractivity contribution in [1.82, 2.24) is 15.5 Å². The highest BCUT2D eigenvalue weighted by Crippen LogP contribution is 2.23. The van der Waals surface area contributed by atoms with E-state index in [1.54, 1.807) is 13.0 Å². The Bertz CT molecular complexity index is 697. The van der Waals surface area contributed by atoms with Crippen LogP contribution in [0.2, 0.25) is 0 Å². The van der Waals surface area contributed by atoms with Gasteiger partial charge in [0.15, 0.2) is 0 Å². The van der Waals surface area contributed by atoms with Crippen LogP contribution in [0.25, 0.3) is 0 Å². The number of hydrogen-bond donors (Lipinski definition) is 2. The summed E-state index contributed by atoms with van der Waals surface area (Å²) in [6, 6.07) is 7.82. The van der Waals surface area contributed by atoms with E-state index < -0.39 is 0 Å². The normalized spacial score (nSPS) is 13.6. The highest BCUT2D eigenvalue weighted by Gasteiger charge is 2.16. The molecule has 0 atom stereocenters. The second-order valence-corrected chi connectivity index (χ2v) is 5.31. The number of fused-ring (bicyclic) bond motifs is 1. The van der Waals surface area contributed by atoms with E-state index in [4.69, 9.17) is 0 Å². The summed E-state index contributed by atoms with van der Waals surface area (Å²) in [7, 11) is 0. The molecule has 2 aromatic rings. The average Bonchev–Trinajstić information content (AvgIpc) is 2.50. The van der Waals surface area contributed by atoms with Gasteiger partial charge in [0.05, 0.1) is 17.0 Å². The second kappa shape index (κ2) is 5.61. The first-order valence-electron chi connectivity index (χ1n) is 7.09. The maximum atomic E-state index is 12.5. The second-order valence-electron chi connectivity index (χ2n) is 5.31. The first kappa shape index (κ1) is 13.7. The van der Waals surface area contributed by atoms with Crippen LogP contribution in [0.4, 0.5) is 5.69 Å². The fourth-order valence-corrected chi connectivity index (χ4v) is 2.60. The van der Waals surface area contributed by atoms with Gasteiger partial charge >= 0.3 is 0 Å². The van der Waals surface area contributed by atoms with Gasteiger partial charge in [-0.25, -0.2) is 0 Å². The van der Waals surface area contributed by atoms with Gasteiger partial charge in [-0.3, -0.25) is 4.79 Å². The fraction of sp³-hybridized carbons (Fsp3) is 0.312. The molecule has 0 fully saturated rings. The zero-order chi connectivity index (χ0) is 14.8. The average molecular weight is 282 g/mol. The lowest BCUT2D eigenvalue weighted by Gasteiger charge is -2.20. The summed E-state index contributed by atoms with van der Waals surface area (Å²) in [5.41, 5.74) is 5.30. The summed E-state index contributed by atoms with van der Waals surface area (Å²) in [5, 5.41) is 14.3. The SMILES string of the molecule is Cc1cc(C(=O)Nc2cccc3c2CNCC3)c(C)nn1. The first-order chi connectivity index (χ1) is 10.1. The van der Waals surface area contributed by atoms with Crippen molar-refractivity contribution in [2.24, 2.45) is 0 Å². The largest absolute Gasteiger partial charge is 0.322 e. The third-order valence-corrected chi connectivity index (χ3v) is 3.74. The molecule has 1 aromatic heterocycles. The van der Waals surface area contributed by atoms with Crippen molar-refractivity contribution in [2.75, 3.05) is 11.9 Å². The number of rotatable bonds is 2. The van der Waals surface area contributed by atoms with E-state index >= 15 is 0 Å². The van der Waals surface area contributed by atoms with E-state index in [9.17, 15) is 4.79 Å². The van der Waals surface area contributed by atoms with Crippen LogP contribution in [-0.4, -0.2) is 22.6 Å². The van der Waals surface area contributed by atoms with Crippen LogP contribution in [0.15, 0.2) is 24.3 Å². The number of carbonyl (C=O) groups is 1. The molecule has 1 aliphatic rings. The predicted molar refractivity (Wildman–Crippen MR) is 81.3 cm³/mol. The molecule has 5 nitrogen and oxygen atoms in total. The van der Waals surface area contributed by atoms with E-state index in [-0.39, 0.29) is 5.91 Å². The summed E-state index contributed by atoms with van der Waals surface area (Å²) in [6.07, 6.45) is 0.994. The van der Waals surface area contributed by atoms with Crippen LogP contribution in [-0.2, 0) is 13.0 Å². The molecule has 5 heteroatoms. The molecule has 0 saturated heterocycles. The van der Waals surface area contributed by atoms with Gasteiger partial charge in [-0.2, -0.15) is 10.2 Å². The molecule has 0 bridgehead atoms. The molecule has 1 aromatic carbocycles. The van der Waals surface area contributed by atoms with Gasteiger partial charge in [-0.05, 0) is 50.1 Å². The molecule has 3 rings (SSSR count). The topological polar surface area (TPSA) is 66.9 Å². The number of aromatic nitrogens is 2. The molecule has 1 aliphatic heterocycles. The number of aryl methyl sites for hydroxylation is 2. The van der Waals surface area contributed by atoms with Crippen molar-refractivity contribution < 1.29 is 4.79 Å². The number of benzene rings is 1. The lowest BCUT2D eigenvalue weighted by molar-refractivity contribution is 0.102. The molecule has 0 unspecified atom stereocenters. The van der Waals surface area contributed by atoms with Crippen molar-refractivity contribution in [3.63, 3.8) is 0 Å². The summed E-state index contributed by atoms with van der Waals surface area (Å²) in [4.78, 5) is 12.5. The van der Waals surface area contributed by atoms with E-state index in [0.717, 1.165) is 30.9 Å². The standard InChI is InChI=1S/C16H18N4O/c1-10-8-13(11(2)20-19-10)16(21)18-15-5-3-4-12-6-7-17-9-14(12)15/h3-5,8,17H,6-7,9H2,1-2H3,(H,18,21). The van der Waals surface area contributed by atoms with Crippen LogP contribution in [0.5, 0.6) is 0 Å². The molecule has 0 saturated carbocycles. The summed E-state index contributed by atoms with van der Waals surface area (Å²) < 4.78 is 0. The molecule has 108 valence electrons. The number of anilines is 1. The fourth-order valence-electron chi connectivity index (χ4n) is 2.60. The van der Waals surface area contributed by atoms with Crippen molar-refractivity contribution >= 4 is 11.6 Å². The van der Waals surface area contributed by atoms with Crippen molar-refractivity contribution in [3.8, 4) is 0 Å². The Balaban J connectivity index is 1.90. The minimum Gasteiger partial charge on any atom is -0.322 e. The maximum absolute atomic E-state index is 12.5. The lowest BCUT2D eigenvalue weighted by Crippen LogP contribution is -2.25. The molecule has 0 aliphatic carbocycles. The zero-order valence-corrected chi connectivity index (χ0v) is 12.2. The van der Waals surface area contributed by atoms with Gasteiger partial charge in [0, 0.05) is 12.2 Å². The monoisotopic (exact) mass is 282 g/mol. The van der Waals surface area contributed by atoms with Gasteiger partial charge in [-0.1, -0.05) is 12.1 Å². The Hall–Kier alpha value is -2.27. The maximum Gasteiger partial charge on any atom is 0.257 e. The van der Waals surface area contributed by atoms with Gasteiger partial charge < -0.3 is 10.6 Å². The Labute approximate surface area is 123 Å². The number of hydrogen-bond acceptors (Lipinski definition) is 4. The predicted octanol–water partition coefficient (Wildman–Crippen LogP) is 1.99. The Morgan fingerprint density at radius 3 is 3.00 bits per heavy atom. The minimum atomic E-state index is -0.135. The van der Waals surface area contributed by atoms with E-state index in [1.807, 2.05) is 19.1 Å². The van der Waals surface area contributed by atoms with Crippen molar-refractivity contribution in [3.05, 3.63) is 52.3 Å². The van der Waals surface area contributed by atoms with Crippen LogP contribution in [0, 0.1) is 13.8 Å². The highest BCUT2D eigenvalue weighted by atomic mass is 16.1. The van der Waals surface area contributed by atoms with E-state index in [1.165, 1.54) is 11.1 Å². The van der Waals surface area contributed by atoms with Gasteiger partial charge in [0.2, 0.25) is 0 Å². The quantitative estimate of drug-likeness (QED) is 0.884. The smallest absolute Gasteiger partial charge is 0.257 e. The molecular weight excluding hydrogens is 264 g/mol. The molecule has 2 N–H and O–H groups in total. The van der Waals surface area contributed by atoms with Crippen molar-refractivity contribution in [2.45, 2.75) is 26.8 Å². The molecule has 0 spiro atoms. The molecule has 1 amide bonds. The molecule has 2 heterocycles. The number of nitrogens with zero attached hydrogens (tertiary/aromatic N) is 2. The molecule has 21 heavy (non-hydrogen) atoms. The summed E-state index contributed by atoms with van der Waals surface area (Å²) in [6.45, 7) is 5.40. The Kier molecular flexibility index (Phi) is 3.66. The summed E-state index contributed by atoms with van der Waals surface area (Å²) in [5.74, 6) is -0.135. The Morgan fingerprint density at radius 1 is 1.29 bits per heavy atom. The first-order valence-corrected chi connectivity index (χ1v) is 7.09. The highest BCUT2D eigenvalue weighted by molar-refractivity contribution is 6.05. The van der Waals surface area contributed by atoms with Crippen LogP contribution >= 0.6 is 0 Å². The summed E-state index contributed by atoms with van der Waals surface area (Å²) >= 11 is 0. The molecule has 0 radical (unpaired) electrons. The third-order valence-electron chi connectivity index (χ3n) is 3.74. The lowest BCUT2D eigenvalue weighted by atomic mass is 9.99. The van der Waals surface area contributed by atoms with Crippen molar-refractivity contribution in [1.29, 1.82) is 0 Å². The minimum absolute atomic E-state index is 0.135. The zero-order valence-electron chi connectivity index (χ0n) is 12.2. The van der Waals surface area contributed by atoms with Crippen LogP contribution in [0.1, 0.15) is 32.9 Å². The van der Waals surface area contributed by atoms with Gasteiger partial charge in [-0.15, -0.1) is 0 Å². The van der Waals surface area contributed by atoms with E-state index in [0.29, 0.717) is 11.3 Å². The number of amides is 1.